The van der Waals surface area contributed by atoms with Crippen LogP contribution in [0.4, 0.5) is 0 Å². The van der Waals surface area contributed by atoms with Crippen LogP contribution in [0.1, 0.15) is 31.4 Å². The summed E-state index contributed by atoms with van der Waals surface area (Å²) in [5.41, 5.74) is 1.90. The SMILES string of the molecule is CCNC(=O)C(C)N(Cc1cccc(OC)c1)C(=O)CCc1ccc2c(c1)OCCO2. The van der Waals surface area contributed by atoms with E-state index in [1.165, 1.54) is 0 Å². The Morgan fingerprint density at radius 3 is 2.61 bits per heavy atom. The number of hydrogen-bond acceptors (Lipinski definition) is 5. The highest BCUT2D eigenvalue weighted by atomic mass is 16.6. The normalized spacial score (nSPS) is 13.3. The maximum absolute atomic E-state index is 13.2. The largest absolute Gasteiger partial charge is 0.497 e. The van der Waals surface area contributed by atoms with E-state index in [4.69, 9.17) is 14.2 Å². The van der Waals surface area contributed by atoms with E-state index < -0.39 is 6.04 Å². The molecule has 0 aliphatic carbocycles. The molecule has 2 aromatic carbocycles. The summed E-state index contributed by atoms with van der Waals surface area (Å²) in [6.45, 7) is 5.53. The fourth-order valence-electron chi connectivity index (χ4n) is 3.51. The third kappa shape index (κ3) is 5.90. The molecule has 1 unspecified atom stereocenters. The predicted molar refractivity (Wildman–Crippen MR) is 117 cm³/mol. The van der Waals surface area contributed by atoms with E-state index in [0.29, 0.717) is 44.2 Å². The predicted octanol–water partition coefficient (Wildman–Crippen LogP) is 2.95. The molecule has 1 N–H and O–H groups in total. The highest BCUT2D eigenvalue weighted by molar-refractivity contribution is 5.87. The van der Waals surface area contributed by atoms with Gasteiger partial charge in [-0.1, -0.05) is 18.2 Å². The molecule has 1 aliphatic heterocycles. The molecule has 166 valence electrons. The number of likely N-dealkylation sites (N-methyl/N-ethyl adjacent to an activating group) is 1. The fourth-order valence-corrected chi connectivity index (χ4v) is 3.51. The smallest absolute Gasteiger partial charge is 0.242 e. The third-order valence-corrected chi connectivity index (χ3v) is 5.24. The van der Waals surface area contributed by atoms with E-state index in [1.807, 2.05) is 49.4 Å². The first-order valence-corrected chi connectivity index (χ1v) is 10.6. The van der Waals surface area contributed by atoms with Crippen LogP contribution in [0.5, 0.6) is 17.2 Å². The number of carbonyl (C=O) groups excluding carboxylic acids is 2. The number of nitrogens with zero attached hydrogens (tertiary/aromatic N) is 1. The Balaban J connectivity index is 1.72. The van der Waals surface area contributed by atoms with Gasteiger partial charge in [0.2, 0.25) is 11.8 Å². The van der Waals surface area contributed by atoms with E-state index in [1.54, 1.807) is 18.9 Å². The van der Waals surface area contributed by atoms with Crippen LogP contribution in [0.25, 0.3) is 0 Å². The van der Waals surface area contributed by atoms with Crippen LogP contribution in [-0.2, 0) is 22.6 Å². The van der Waals surface area contributed by atoms with Gasteiger partial charge in [-0.05, 0) is 55.7 Å². The monoisotopic (exact) mass is 426 g/mol. The van der Waals surface area contributed by atoms with Gasteiger partial charge in [0.25, 0.3) is 0 Å². The first kappa shape index (κ1) is 22.5. The van der Waals surface area contributed by atoms with Crippen molar-refractivity contribution in [2.24, 2.45) is 0 Å². The van der Waals surface area contributed by atoms with Gasteiger partial charge in [-0.3, -0.25) is 9.59 Å². The van der Waals surface area contributed by atoms with E-state index >= 15 is 0 Å². The molecule has 0 fully saturated rings. The standard InChI is InChI=1S/C24H30N2O5/c1-4-25-24(28)17(2)26(16-19-6-5-7-20(14-19)29-3)23(27)11-9-18-8-10-21-22(15-18)31-13-12-30-21/h5-8,10,14-15,17H,4,9,11-13,16H2,1-3H3,(H,25,28). The summed E-state index contributed by atoms with van der Waals surface area (Å²) < 4.78 is 16.5. The van der Waals surface area contributed by atoms with E-state index in [-0.39, 0.29) is 18.2 Å². The Labute approximate surface area is 183 Å². The van der Waals surface area contributed by atoms with Gasteiger partial charge >= 0.3 is 0 Å². The van der Waals surface area contributed by atoms with Crippen LogP contribution in [0, 0.1) is 0 Å². The molecule has 7 heteroatoms. The molecule has 0 spiro atoms. The molecule has 0 saturated carbocycles. The number of ether oxygens (including phenoxy) is 3. The molecule has 7 nitrogen and oxygen atoms in total. The topological polar surface area (TPSA) is 77.1 Å². The maximum atomic E-state index is 13.2. The van der Waals surface area contributed by atoms with Crippen molar-refractivity contribution in [3.63, 3.8) is 0 Å². The number of amides is 2. The van der Waals surface area contributed by atoms with Crippen LogP contribution in [0.3, 0.4) is 0 Å². The summed E-state index contributed by atoms with van der Waals surface area (Å²) in [5, 5.41) is 2.81. The Bertz CT molecular complexity index is 915. The molecule has 1 heterocycles. The van der Waals surface area contributed by atoms with Crippen molar-refractivity contribution < 1.29 is 23.8 Å². The molecule has 31 heavy (non-hydrogen) atoms. The zero-order valence-corrected chi connectivity index (χ0v) is 18.3. The van der Waals surface area contributed by atoms with Gasteiger partial charge in [0.15, 0.2) is 11.5 Å². The second kappa shape index (κ2) is 10.7. The molecule has 0 radical (unpaired) electrons. The second-order valence-corrected chi connectivity index (χ2v) is 7.42. The number of methoxy groups -OCH3 is 1. The Hall–Kier alpha value is -3.22. The van der Waals surface area contributed by atoms with Crippen molar-refractivity contribution in [2.45, 2.75) is 39.3 Å². The van der Waals surface area contributed by atoms with Crippen LogP contribution >= 0.6 is 0 Å². The van der Waals surface area contributed by atoms with Gasteiger partial charge in [-0.2, -0.15) is 0 Å². The van der Waals surface area contributed by atoms with Crippen LogP contribution in [0.2, 0.25) is 0 Å². The molecule has 0 aromatic heterocycles. The first-order chi connectivity index (χ1) is 15.0. The van der Waals surface area contributed by atoms with Crippen LogP contribution in [0.15, 0.2) is 42.5 Å². The lowest BCUT2D eigenvalue weighted by molar-refractivity contribution is -0.140. The molecule has 2 amide bonds. The van der Waals surface area contributed by atoms with E-state index in [9.17, 15) is 9.59 Å². The lowest BCUT2D eigenvalue weighted by Crippen LogP contribution is -2.47. The van der Waals surface area contributed by atoms with Crippen molar-refractivity contribution in [3.05, 3.63) is 53.6 Å². The van der Waals surface area contributed by atoms with Crippen molar-refractivity contribution in [1.82, 2.24) is 10.2 Å². The second-order valence-electron chi connectivity index (χ2n) is 7.42. The minimum atomic E-state index is -0.584. The summed E-state index contributed by atoms with van der Waals surface area (Å²) in [7, 11) is 1.60. The minimum absolute atomic E-state index is 0.0866. The summed E-state index contributed by atoms with van der Waals surface area (Å²) in [6.07, 6.45) is 0.833. The Morgan fingerprint density at radius 1 is 1.10 bits per heavy atom. The Morgan fingerprint density at radius 2 is 1.87 bits per heavy atom. The van der Waals surface area contributed by atoms with Gasteiger partial charge in [0.05, 0.1) is 7.11 Å². The number of carbonyl (C=O) groups is 2. The molecule has 1 aliphatic rings. The molecule has 0 saturated heterocycles. The van der Waals surface area contributed by atoms with Crippen molar-refractivity contribution in [2.75, 3.05) is 26.9 Å². The van der Waals surface area contributed by atoms with Crippen LogP contribution < -0.4 is 19.5 Å². The number of nitrogens with one attached hydrogen (secondary N) is 1. The third-order valence-electron chi connectivity index (χ3n) is 5.24. The highest BCUT2D eigenvalue weighted by Gasteiger charge is 2.26. The zero-order chi connectivity index (χ0) is 22.2. The fraction of sp³-hybridized carbons (Fsp3) is 0.417. The lowest BCUT2D eigenvalue weighted by Gasteiger charge is -2.29. The van der Waals surface area contributed by atoms with Gasteiger partial charge < -0.3 is 24.4 Å². The zero-order valence-electron chi connectivity index (χ0n) is 18.3. The number of aryl methyl sites for hydroxylation is 1. The summed E-state index contributed by atoms with van der Waals surface area (Å²) in [6, 6.07) is 12.7. The average molecular weight is 427 g/mol. The van der Waals surface area contributed by atoms with Gasteiger partial charge in [0, 0.05) is 19.5 Å². The Kier molecular flexibility index (Phi) is 7.76. The van der Waals surface area contributed by atoms with Crippen molar-refractivity contribution in [1.29, 1.82) is 0 Å². The average Bonchev–Trinajstić information content (AvgIpc) is 2.80. The molecule has 0 bridgehead atoms. The summed E-state index contributed by atoms with van der Waals surface area (Å²) >= 11 is 0. The van der Waals surface area contributed by atoms with Crippen LogP contribution in [-0.4, -0.2) is 49.6 Å². The number of benzene rings is 2. The first-order valence-electron chi connectivity index (χ1n) is 10.6. The van der Waals surface area contributed by atoms with Crippen molar-refractivity contribution >= 4 is 11.8 Å². The quantitative estimate of drug-likeness (QED) is 0.667. The minimum Gasteiger partial charge on any atom is -0.497 e. The van der Waals surface area contributed by atoms with Gasteiger partial charge in [-0.25, -0.2) is 0 Å². The maximum Gasteiger partial charge on any atom is 0.242 e. The van der Waals surface area contributed by atoms with Gasteiger partial charge in [0.1, 0.15) is 25.0 Å². The van der Waals surface area contributed by atoms with E-state index in [2.05, 4.69) is 5.32 Å². The number of rotatable bonds is 9. The molecular formula is C24H30N2O5. The van der Waals surface area contributed by atoms with Crippen molar-refractivity contribution in [3.8, 4) is 17.2 Å². The summed E-state index contributed by atoms with van der Waals surface area (Å²) in [5.74, 6) is 1.90. The van der Waals surface area contributed by atoms with E-state index in [0.717, 1.165) is 16.9 Å². The molecular weight excluding hydrogens is 396 g/mol. The molecule has 3 rings (SSSR count). The molecule has 2 aromatic rings. The highest BCUT2D eigenvalue weighted by Crippen LogP contribution is 2.31. The summed E-state index contributed by atoms with van der Waals surface area (Å²) in [4.78, 5) is 27.3. The lowest BCUT2D eigenvalue weighted by atomic mass is 10.1. The molecule has 1 atom stereocenters. The number of hydrogen-bond donors (Lipinski definition) is 1. The number of fused-ring (bicyclic) bond motifs is 1. The van der Waals surface area contributed by atoms with Gasteiger partial charge in [-0.15, -0.1) is 0 Å².